The van der Waals surface area contributed by atoms with E-state index in [2.05, 4.69) is 22.8 Å². The number of nitrogens with one attached hydrogen (secondary N) is 1. The molecule has 0 aliphatic rings. The lowest BCUT2D eigenvalue weighted by Gasteiger charge is -2.10. The van der Waals surface area contributed by atoms with Crippen molar-refractivity contribution in [2.24, 2.45) is 0 Å². The molecule has 0 bridgehead atoms. The molecule has 0 aliphatic heterocycles. The summed E-state index contributed by atoms with van der Waals surface area (Å²) in [6, 6.07) is 11.7. The maximum Gasteiger partial charge on any atom is 0.0722 e. The van der Waals surface area contributed by atoms with Crippen molar-refractivity contribution in [3.05, 3.63) is 62.4 Å². The fourth-order valence-corrected chi connectivity index (χ4v) is 3.98. The van der Waals surface area contributed by atoms with Crippen LogP contribution in [0.5, 0.6) is 0 Å². The van der Waals surface area contributed by atoms with Crippen LogP contribution in [0.25, 0.3) is 10.1 Å². The minimum atomic E-state index is 0.530. The Morgan fingerprint density at radius 1 is 1.00 bits per heavy atom. The first-order valence-electron chi connectivity index (χ1n) is 5.98. The highest BCUT2D eigenvalue weighted by atomic mass is 35.5. The summed E-state index contributed by atoms with van der Waals surface area (Å²) in [7, 11) is 0. The van der Waals surface area contributed by atoms with Gasteiger partial charge in [0.2, 0.25) is 0 Å². The second-order valence-electron chi connectivity index (χ2n) is 4.36. The summed E-state index contributed by atoms with van der Waals surface area (Å²) in [5.41, 5.74) is 1.95. The Kier molecular flexibility index (Phi) is 4.08. The van der Waals surface area contributed by atoms with Crippen LogP contribution in [0, 0.1) is 0 Å². The van der Waals surface area contributed by atoms with E-state index in [9.17, 15) is 0 Å². The number of benzene rings is 2. The van der Waals surface area contributed by atoms with Crippen molar-refractivity contribution >= 4 is 61.9 Å². The quantitative estimate of drug-likeness (QED) is 0.575. The van der Waals surface area contributed by atoms with E-state index in [0.29, 0.717) is 27.3 Å². The molecule has 1 heterocycles. The number of halogens is 3. The van der Waals surface area contributed by atoms with Gasteiger partial charge < -0.3 is 5.32 Å². The third-order valence-electron chi connectivity index (χ3n) is 3.02. The summed E-state index contributed by atoms with van der Waals surface area (Å²) in [5.74, 6) is 0. The van der Waals surface area contributed by atoms with Crippen LogP contribution in [0.3, 0.4) is 0 Å². The second kappa shape index (κ2) is 5.82. The zero-order valence-electron chi connectivity index (χ0n) is 10.3. The summed E-state index contributed by atoms with van der Waals surface area (Å²) in [5, 5.41) is 8.28. The van der Waals surface area contributed by atoms with Crippen molar-refractivity contribution in [3.8, 4) is 0 Å². The first-order chi connectivity index (χ1) is 9.65. The van der Waals surface area contributed by atoms with E-state index >= 15 is 0 Å². The molecule has 3 rings (SSSR count). The van der Waals surface area contributed by atoms with Crippen molar-refractivity contribution in [3.63, 3.8) is 0 Å². The molecule has 1 aromatic heterocycles. The van der Waals surface area contributed by atoms with Gasteiger partial charge in [-0.1, -0.05) is 53.0 Å². The van der Waals surface area contributed by atoms with Crippen LogP contribution >= 0.6 is 46.1 Å². The van der Waals surface area contributed by atoms with E-state index in [0.717, 1.165) is 0 Å². The van der Waals surface area contributed by atoms with Gasteiger partial charge in [0, 0.05) is 16.3 Å². The summed E-state index contributed by atoms with van der Waals surface area (Å²) >= 11 is 20.0. The van der Waals surface area contributed by atoms with Crippen LogP contribution in [-0.4, -0.2) is 0 Å². The highest BCUT2D eigenvalue weighted by Gasteiger charge is 2.09. The third kappa shape index (κ3) is 2.75. The number of rotatable bonds is 3. The molecule has 1 nitrogen and oxygen atoms in total. The van der Waals surface area contributed by atoms with Gasteiger partial charge in [0.15, 0.2) is 0 Å². The fraction of sp³-hybridized carbons (Fsp3) is 0.0667. The van der Waals surface area contributed by atoms with Gasteiger partial charge >= 0.3 is 0 Å². The molecule has 0 saturated carbocycles. The van der Waals surface area contributed by atoms with Crippen LogP contribution in [0.2, 0.25) is 15.1 Å². The number of hydrogen-bond donors (Lipinski definition) is 1. The monoisotopic (exact) mass is 341 g/mol. The maximum atomic E-state index is 6.16. The van der Waals surface area contributed by atoms with E-state index in [1.54, 1.807) is 23.5 Å². The predicted molar refractivity (Wildman–Crippen MR) is 90.6 cm³/mol. The van der Waals surface area contributed by atoms with Crippen LogP contribution in [0.15, 0.2) is 41.8 Å². The van der Waals surface area contributed by atoms with E-state index in [4.69, 9.17) is 34.8 Å². The van der Waals surface area contributed by atoms with Crippen molar-refractivity contribution < 1.29 is 0 Å². The Balaban J connectivity index is 1.87. The van der Waals surface area contributed by atoms with Gasteiger partial charge in [-0.15, -0.1) is 11.3 Å². The molecule has 20 heavy (non-hydrogen) atoms. The van der Waals surface area contributed by atoms with Crippen molar-refractivity contribution in [1.29, 1.82) is 0 Å². The Bertz CT molecular complexity index is 744. The van der Waals surface area contributed by atoms with Crippen LogP contribution in [0.1, 0.15) is 5.56 Å². The summed E-state index contributed by atoms with van der Waals surface area (Å²) < 4.78 is 1.28. The van der Waals surface area contributed by atoms with Crippen LogP contribution in [-0.2, 0) is 6.54 Å². The highest BCUT2D eigenvalue weighted by molar-refractivity contribution is 7.17. The lowest BCUT2D eigenvalue weighted by atomic mass is 10.2. The Morgan fingerprint density at radius 3 is 2.45 bits per heavy atom. The summed E-state index contributed by atoms with van der Waals surface area (Å²) in [4.78, 5) is 0. The molecule has 1 N–H and O–H groups in total. The lowest BCUT2D eigenvalue weighted by Crippen LogP contribution is -2.00. The first-order valence-corrected chi connectivity index (χ1v) is 8.00. The van der Waals surface area contributed by atoms with Crippen molar-refractivity contribution in [1.82, 2.24) is 0 Å². The molecule has 0 fully saturated rings. The van der Waals surface area contributed by atoms with E-state index in [1.165, 1.54) is 15.6 Å². The molecule has 0 radical (unpaired) electrons. The van der Waals surface area contributed by atoms with Gasteiger partial charge in [0.25, 0.3) is 0 Å². The average Bonchev–Trinajstić information content (AvgIpc) is 2.81. The van der Waals surface area contributed by atoms with E-state index in [1.807, 2.05) is 12.1 Å². The number of fused-ring (bicyclic) bond motifs is 1. The largest absolute Gasteiger partial charge is 0.378 e. The van der Waals surface area contributed by atoms with Gasteiger partial charge in [-0.25, -0.2) is 0 Å². The molecule has 0 amide bonds. The highest BCUT2D eigenvalue weighted by Crippen LogP contribution is 2.34. The third-order valence-corrected chi connectivity index (χ3v) is 4.85. The molecule has 0 unspecified atom stereocenters. The fourth-order valence-electron chi connectivity index (χ4n) is 2.06. The molecule has 0 saturated heterocycles. The van der Waals surface area contributed by atoms with Gasteiger partial charge in [-0.2, -0.15) is 0 Å². The van der Waals surface area contributed by atoms with Gasteiger partial charge in [0.05, 0.1) is 15.7 Å². The summed E-state index contributed by atoms with van der Waals surface area (Å²) in [6.45, 7) is 0.672. The topological polar surface area (TPSA) is 12.0 Å². The SMILES string of the molecule is Clc1cc(Cl)c(NCc2csc3ccccc23)c(Cl)c1. The minimum absolute atomic E-state index is 0.530. The second-order valence-corrected chi connectivity index (χ2v) is 6.52. The lowest BCUT2D eigenvalue weighted by molar-refractivity contribution is 1.18. The summed E-state index contributed by atoms with van der Waals surface area (Å²) in [6.07, 6.45) is 0. The minimum Gasteiger partial charge on any atom is -0.378 e. The molecule has 2 aromatic carbocycles. The number of hydrogen-bond acceptors (Lipinski definition) is 2. The maximum absolute atomic E-state index is 6.16. The molecule has 0 atom stereocenters. The van der Waals surface area contributed by atoms with Crippen molar-refractivity contribution in [2.75, 3.05) is 5.32 Å². The standard InChI is InChI=1S/C15H10Cl3NS/c16-10-5-12(17)15(13(18)6-10)19-7-9-8-20-14-4-2-1-3-11(9)14/h1-6,8,19H,7H2. The van der Waals surface area contributed by atoms with E-state index < -0.39 is 0 Å². The van der Waals surface area contributed by atoms with Gasteiger partial charge in [-0.05, 0) is 34.5 Å². The molecular formula is C15H10Cl3NS. The molecule has 5 heteroatoms. The Morgan fingerprint density at radius 2 is 1.70 bits per heavy atom. The Labute approximate surface area is 136 Å². The van der Waals surface area contributed by atoms with Crippen LogP contribution < -0.4 is 5.32 Å². The normalized spacial score (nSPS) is 10.9. The average molecular weight is 343 g/mol. The predicted octanol–water partition coefficient (Wildman–Crippen LogP) is 6.47. The zero-order chi connectivity index (χ0) is 14.1. The first kappa shape index (κ1) is 14.0. The number of anilines is 1. The number of thiophene rings is 1. The molecular weight excluding hydrogens is 333 g/mol. The van der Waals surface area contributed by atoms with Gasteiger partial charge in [0.1, 0.15) is 0 Å². The molecule has 102 valence electrons. The molecule has 3 aromatic rings. The smallest absolute Gasteiger partial charge is 0.0722 e. The van der Waals surface area contributed by atoms with Crippen molar-refractivity contribution in [2.45, 2.75) is 6.54 Å². The Hall–Kier alpha value is -0.930. The van der Waals surface area contributed by atoms with E-state index in [-0.39, 0.29) is 0 Å². The van der Waals surface area contributed by atoms with Crippen LogP contribution in [0.4, 0.5) is 5.69 Å². The molecule has 0 spiro atoms. The molecule has 0 aliphatic carbocycles. The van der Waals surface area contributed by atoms with Gasteiger partial charge in [-0.3, -0.25) is 0 Å². The zero-order valence-corrected chi connectivity index (χ0v) is 13.4.